The van der Waals surface area contributed by atoms with E-state index in [2.05, 4.69) is 16.9 Å². The molecule has 2 aliphatic rings. The van der Waals surface area contributed by atoms with Gasteiger partial charge in [-0.2, -0.15) is 0 Å². The molecule has 0 radical (unpaired) electrons. The highest BCUT2D eigenvalue weighted by Crippen LogP contribution is 2.39. The van der Waals surface area contributed by atoms with Crippen LogP contribution in [0.2, 0.25) is 0 Å². The number of aromatic nitrogens is 2. The zero-order chi connectivity index (χ0) is 20.0. The summed E-state index contributed by atoms with van der Waals surface area (Å²) in [5.74, 6) is 0.238. The van der Waals surface area contributed by atoms with Crippen LogP contribution in [0.1, 0.15) is 56.8 Å². The average Bonchev–Trinajstić information content (AvgIpc) is 2.70. The zero-order valence-electron chi connectivity index (χ0n) is 17.2. The molecule has 1 spiro atoms. The van der Waals surface area contributed by atoms with Crippen molar-refractivity contribution in [2.24, 2.45) is 5.41 Å². The van der Waals surface area contributed by atoms with Crippen molar-refractivity contribution in [1.82, 2.24) is 19.8 Å². The molecule has 7 nitrogen and oxygen atoms in total. The highest BCUT2D eigenvalue weighted by atomic mass is 16.5. The lowest BCUT2D eigenvalue weighted by molar-refractivity contribution is -0.146. The number of amides is 2. The van der Waals surface area contributed by atoms with Gasteiger partial charge in [0, 0.05) is 44.3 Å². The first kappa shape index (κ1) is 20.7. The van der Waals surface area contributed by atoms with Gasteiger partial charge in [0.2, 0.25) is 11.8 Å². The number of rotatable bonds is 7. The van der Waals surface area contributed by atoms with Crippen molar-refractivity contribution >= 4 is 11.8 Å². The molecule has 1 aromatic heterocycles. The lowest BCUT2D eigenvalue weighted by Gasteiger charge is -2.48. The Hall–Kier alpha value is -2.02. The molecule has 2 aliphatic heterocycles. The van der Waals surface area contributed by atoms with Gasteiger partial charge in [0.05, 0.1) is 24.1 Å². The van der Waals surface area contributed by atoms with E-state index in [-0.39, 0.29) is 23.8 Å². The first-order chi connectivity index (χ1) is 13.5. The van der Waals surface area contributed by atoms with Crippen LogP contribution in [0.3, 0.4) is 0 Å². The van der Waals surface area contributed by atoms with Gasteiger partial charge in [0.1, 0.15) is 6.61 Å². The average molecular weight is 389 g/mol. The summed E-state index contributed by atoms with van der Waals surface area (Å²) in [5, 5.41) is 0. The minimum Gasteiger partial charge on any atom is -0.372 e. The minimum absolute atomic E-state index is 0.0106. The number of aryl methyl sites for hydroxylation is 1. The summed E-state index contributed by atoms with van der Waals surface area (Å²) >= 11 is 0. The normalized spacial score (nSPS) is 22.7. The molecule has 1 aromatic rings. The van der Waals surface area contributed by atoms with Gasteiger partial charge in [-0.3, -0.25) is 19.6 Å². The van der Waals surface area contributed by atoms with Crippen molar-refractivity contribution in [2.75, 3.05) is 32.8 Å². The van der Waals surface area contributed by atoms with Crippen LogP contribution in [0.5, 0.6) is 0 Å². The van der Waals surface area contributed by atoms with Gasteiger partial charge in [-0.05, 0) is 32.6 Å². The molecule has 0 aromatic carbocycles. The largest absolute Gasteiger partial charge is 0.372 e. The Balaban J connectivity index is 1.59. The highest BCUT2D eigenvalue weighted by Gasteiger charge is 2.42. The van der Waals surface area contributed by atoms with Gasteiger partial charge in [0.15, 0.2) is 0 Å². The molecule has 2 saturated heterocycles. The van der Waals surface area contributed by atoms with Crippen LogP contribution in [-0.2, 0) is 20.9 Å². The predicted molar refractivity (Wildman–Crippen MR) is 105 cm³/mol. The van der Waals surface area contributed by atoms with Gasteiger partial charge in [-0.25, -0.2) is 0 Å². The number of hydrogen-bond donors (Lipinski definition) is 0. The number of likely N-dealkylation sites (tertiary alicyclic amines) is 2. The SMILES string of the molecule is CCCCOCC(=O)N1CCC[C@@]2(CCC(=O)N(Cc3cnc(C)cn3)C2)C1. The predicted octanol–water partition coefficient (Wildman–Crippen LogP) is 2.33. The second-order valence-corrected chi connectivity index (χ2v) is 8.22. The number of hydrogen-bond acceptors (Lipinski definition) is 5. The van der Waals surface area contributed by atoms with E-state index in [1.807, 2.05) is 16.7 Å². The first-order valence-electron chi connectivity index (χ1n) is 10.4. The van der Waals surface area contributed by atoms with Crippen LogP contribution in [-0.4, -0.2) is 64.4 Å². The fraction of sp³-hybridized carbons (Fsp3) is 0.714. The molecule has 0 aliphatic carbocycles. The Bertz CT molecular complexity index is 679. The third-order valence-corrected chi connectivity index (χ3v) is 5.82. The molecule has 2 amide bonds. The van der Waals surface area contributed by atoms with Gasteiger partial charge >= 0.3 is 0 Å². The number of nitrogens with zero attached hydrogens (tertiary/aromatic N) is 4. The van der Waals surface area contributed by atoms with Crippen molar-refractivity contribution in [2.45, 2.75) is 58.9 Å². The maximum absolute atomic E-state index is 12.6. The molecule has 1 atom stereocenters. The molecule has 2 fully saturated rings. The Morgan fingerprint density at radius 3 is 2.86 bits per heavy atom. The Kier molecular flexibility index (Phi) is 6.99. The third-order valence-electron chi connectivity index (χ3n) is 5.82. The molecule has 3 rings (SSSR count). The zero-order valence-corrected chi connectivity index (χ0v) is 17.2. The fourth-order valence-electron chi connectivity index (χ4n) is 4.19. The Morgan fingerprint density at radius 2 is 2.11 bits per heavy atom. The quantitative estimate of drug-likeness (QED) is 0.670. The fourth-order valence-corrected chi connectivity index (χ4v) is 4.19. The second kappa shape index (κ2) is 9.45. The summed E-state index contributed by atoms with van der Waals surface area (Å²) in [6.07, 6.45) is 8.94. The summed E-state index contributed by atoms with van der Waals surface area (Å²) in [6, 6.07) is 0. The standard InChI is InChI=1S/C21H32N4O3/c1-3-4-10-28-14-20(27)24-9-5-7-21(15-24)8-6-19(26)25(16-21)13-18-12-22-17(2)11-23-18/h11-12H,3-10,13-16H2,1-2H3/t21-/m1/s1. The van der Waals surface area contributed by atoms with Crippen molar-refractivity contribution in [3.63, 3.8) is 0 Å². The summed E-state index contributed by atoms with van der Waals surface area (Å²) in [6.45, 7) is 7.49. The lowest BCUT2D eigenvalue weighted by atomic mass is 9.73. The van der Waals surface area contributed by atoms with Gasteiger partial charge in [-0.1, -0.05) is 13.3 Å². The van der Waals surface area contributed by atoms with Crippen molar-refractivity contribution in [1.29, 1.82) is 0 Å². The van der Waals surface area contributed by atoms with Crippen LogP contribution in [0.15, 0.2) is 12.4 Å². The van der Waals surface area contributed by atoms with E-state index in [1.165, 1.54) is 0 Å². The molecule has 0 N–H and O–H groups in total. The lowest BCUT2D eigenvalue weighted by Crippen LogP contribution is -2.55. The molecule has 3 heterocycles. The van der Waals surface area contributed by atoms with Gasteiger partial charge in [0.25, 0.3) is 0 Å². The van der Waals surface area contributed by atoms with E-state index in [0.29, 0.717) is 32.7 Å². The summed E-state index contributed by atoms with van der Waals surface area (Å²) in [5.41, 5.74) is 1.67. The van der Waals surface area contributed by atoms with Crippen molar-refractivity contribution < 1.29 is 14.3 Å². The number of piperidine rings is 2. The maximum atomic E-state index is 12.6. The molecule has 0 saturated carbocycles. The summed E-state index contributed by atoms with van der Waals surface area (Å²) in [7, 11) is 0. The van der Waals surface area contributed by atoms with Crippen LogP contribution >= 0.6 is 0 Å². The Labute approximate surface area is 167 Å². The maximum Gasteiger partial charge on any atom is 0.248 e. The van der Waals surface area contributed by atoms with E-state index >= 15 is 0 Å². The van der Waals surface area contributed by atoms with Crippen molar-refractivity contribution in [3.05, 3.63) is 23.8 Å². The smallest absolute Gasteiger partial charge is 0.248 e. The van der Waals surface area contributed by atoms with Crippen LogP contribution in [0.4, 0.5) is 0 Å². The van der Waals surface area contributed by atoms with E-state index in [1.54, 1.807) is 12.4 Å². The molecule has 154 valence electrons. The second-order valence-electron chi connectivity index (χ2n) is 8.22. The molecule has 0 unspecified atom stereocenters. The first-order valence-corrected chi connectivity index (χ1v) is 10.4. The number of unbranched alkanes of at least 4 members (excludes halogenated alkanes) is 1. The summed E-state index contributed by atoms with van der Waals surface area (Å²) in [4.78, 5) is 37.6. The van der Waals surface area contributed by atoms with E-state index in [0.717, 1.165) is 50.0 Å². The van der Waals surface area contributed by atoms with Crippen LogP contribution in [0.25, 0.3) is 0 Å². The van der Waals surface area contributed by atoms with E-state index in [4.69, 9.17) is 4.74 Å². The number of carbonyl (C=O) groups excluding carboxylic acids is 2. The minimum atomic E-state index is -0.0106. The number of ether oxygens (including phenoxy) is 1. The molecule has 0 bridgehead atoms. The van der Waals surface area contributed by atoms with E-state index in [9.17, 15) is 9.59 Å². The van der Waals surface area contributed by atoms with Gasteiger partial charge < -0.3 is 14.5 Å². The monoisotopic (exact) mass is 388 g/mol. The van der Waals surface area contributed by atoms with E-state index < -0.39 is 0 Å². The molecular weight excluding hydrogens is 356 g/mol. The molecule has 7 heteroatoms. The van der Waals surface area contributed by atoms with Crippen LogP contribution < -0.4 is 0 Å². The number of carbonyl (C=O) groups is 2. The van der Waals surface area contributed by atoms with Gasteiger partial charge in [-0.15, -0.1) is 0 Å². The molecular formula is C21H32N4O3. The Morgan fingerprint density at radius 1 is 1.25 bits per heavy atom. The summed E-state index contributed by atoms with van der Waals surface area (Å²) < 4.78 is 5.52. The van der Waals surface area contributed by atoms with Crippen molar-refractivity contribution in [3.8, 4) is 0 Å². The topological polar surface area (TPSA) is 75.6 Å². The third kappa shape index (κ3) is 5.28. The van der Waals surface area contributed by atoms with Crippen LogP contribution in [0, 0.1) is 12.3 Å². The molecule has 28 heavy (non-hydrogen) atoms. The highest BCUT2D eigenvalue weighted by molar-refractivity contribution is 5.78.